The number of esters is 1. The Bertz CT molecular complexity index is 441. The number of carbonyl (C=O) groups is 2. The normalized spacial score (nSPS) is 12.1. The number of rotatable bonds is 14. The van der Waals surface area contributed by atoms with Crippen LogP contribution in [0.4, 0.5) is 22.0 Å². The van der Waals surface area contributed by atoms with Crippen LogP contribution in [0, 0.1) is 0 Å². The monoisotopic (exact) mass is 403 g/mol. The van der Waals surface area contributed by atoms with E-state index in [4.69, 9.17) is 4.74 Å². The van der Waals surface area contributed by atoms with Crippen molar-refractivity contribution in [2.75, 3.05) is 20.2 Å². The summed E-state index contributed by atoms with van der Waals surface area (Å²) in [7, 11) is 0.698. The van der Waals surface area contributed by atoms with Crippen molar-refractivity contribution in [1.82, 2.24) is 4.90 Å². The number of amides is 1. The second-order valence-corrected chi connectivity index (χ2v) is 6.64. The molecule has 0 N–H and O–H groups in total. The van der Waals surface area contributed by atoms with E-state index in [0.717, 1.165) is 25.7 Å². The Morgan fingerprint density at radius 2 is 1.26 bits per heavy atom. The van der Waals surface area contributed by atoms with E-state index >= 15 is 0 Å². The summed E-state index contributed by atoms with van der Waals surface area (Å²) in [5.41, 5.74) is 0. The topological polar surface area (TPSA) is 46.6 Å². The minimum Gasteiger partial charge on any atom is -0.464 e. The van der Waals surface area contributed by atoms with Crippen molar-refractivity contribution >= 4 is 11.9 Å². The highest BCUT2D eigenvalue weighted by Gasteiger charge is 2.64. The van der Waals surface area contributed by atoms with Crippen LogP contribution in [0.1, 0.15) is 71.1 Å². The first-order valence-corrected chi connectivity index (χ1v) is 9.39. The molecule has 0 aliphatic rings. The Kier molecular flexibility index (Phi) is 12.2. The average Bonchev–Trinajstić information content (AvgIpc) is 2.57. The largest absolute Gasteiger partial charge is 0.464 e. The van der Waals surface area contributed by atoms with Gasteiger partial charge in [-0.3, -0.25) is 9.59 Å². The lowest BCUT2D eigenvalue weighted by molar-refractivity contribution is -0.274. The molecular formula is C18H30F5NO3. The van der Waals surface area contributed by atoms with Gasteiger partial charge in [0.25, 0.3) is 0 Å². The van der Waals surface area contributed by atoms with E-state index in [9.17, 15) is 31.5 Å². The summed E-state index contributed by atoms with van der Waals surface area (Å²) in [4.78, 5) is 22.6. The molecule has 160 valence electrons. The third-order valence-corrected chi connectivity index (χ3v) is 4.10. The summed E-state index contributed by atoms with van der Waals surface area (Å²) in [6.07, 6.45) is 4.84. The van der Waals surface area contributed by atoms with Gasteiger partial charge in [-0.2, -0.15) is 22.0 Å². The minimum absolute atomic E-state index is 0.0222. The lowest BCUT2D eigenvalue weighted by Gasteiger charge is -2.24. The highest BCUT2D eigenvalue weighted by atomic mass is 19.4. The molecule has 0 rings (SSSR count). The lowest BCUT2D eigenvalue weighted by atomic mass is 10.1. The summed E-state index contributed by atoms with van der Waals surface area (Å²) < 4.78 is 66.9. The molecule has 0 aromatic heterocycles. The average molecular weight is 403 g/mol. The first-order chi connectivity index (χ1) is 12.5. The summed E-state index contributed by atoms with van der Waals surface area (Å²) in [6, 6.07) is 0. The fraction of sp³-hybridized carbons (Fsp3) is 0.889. The van der Waals surface area contributed by atoms with Gasteiger partial charge in [-0.05, 0) is 6.42 Å². The summed E-state index contributed by atoms with van der Waals surface area (Å²) >= 11 is 0. The molecule has 0 aliphatic heterocycles. The Morgan fingerprint density at radius 1 is 0.815 bits per heavy atom. The van der Waals surface area contributed by atoms with Gasteiger partial charge in [0, 0.05) is 7.05 Å². The molecule has 0 saturated carbocycles. The van der Waals surface area contributed by atoms with E-state index in [1.807, 2.05) is 0 Å². The molecule has 27 heavy (non-hydrogen) atoms. The van der Waals surface area contributed by atoms with Crippen LogP contribution < -0.4 is 0 Å². The van der Waals surface area contributed by atoms with Crippen LogP contribution in [0.2, 0.25) is 0 Å². The van der Waals surface area contributed by atoms with E-state index in [1.54, 1.807) is 0 Å². The predicted octanol–water partition coefficient (Wildman–Crippen LogP) is 5.11. The number of carbonyl (C=O) groups excluding carboxylic acids is 2. The molecule has 0 aliphatic carbocycles. The molecule has 0 unspecified atom stereocenters. The number of nitrogens with zero attached hydrogens (tertiary/aromatic N) is 1. The first kappa shape index (κ1) is 25.6. The summed E-state index contributed by atoms with van der Waals surface area (Å²) in [5, 5.41) is 0. The molecular weight excluding hydrogens is 373 g/mol. The zero-order valence-electron chi connectivity index (χ0n) is 16.0. The van der Waals surface area contributed by atoms with E-state index in [2.05, 4.69) is 6.92 Å². The first-order valence-electron chi connectivity index (χ1n) is 9.39. The number of ether oxygens (including phenoxy) is 1. The zero-order valence-corrected chi connectivity index (χ0v) is 16.0. The van der Waals surface area contributed by atoms with Crippen molar-refractivity contribution in [3.8, 4) is 0 Å². The van der Waals surface area contributed by atoms with Crippen molar-refractivity contribution in [1.29, 1.82) is 0 Å². The number of hydrogen-bond acceptors (Lipinski definition) is 3. The number of unbranched alkanes of at least 4 members (excludes halogenated alkanes) is 9. The fourth-order valence-electron chi connectivity index (χ4n) is 2.45. The Morgan fingerprint density at radius 3 is 1.70 bits per heavy atom. The van der Waals surface area contributed by atoms with Gasteiger partial charge in [0.2, 0.25) is 0 Å². The van der Waals surface area contributed by atoms with Crippen molar-refractivity contribution in [2.24, 2.45) is 0 Å². The SMILES string of the molecule is CCCCCCCCCCCCOC(=O)CN(C)C(=O)C(F)(F)C(F)(F)F. The molecule has 1 amide bonds. The van der Waals surface area contributed by atoms with Crippen LogP contribution in [0.5, 0.6) is 0 Å². The highest BCUT2D eigenvalue weighted by Crippen LogP contribution is 2.36. The Hall–Kier alpha value is -1.41. The van der Waals surface area contributed by atoms with E-state index < -0.39 is 30.5 Å². The van der Waals surface area contributed by atoms with Crippen LogP contribution >= 0.6 is 0 Å². The van der Waals surface area contributed by atoms with Gasteiger partial charge in [0.05, 0.1) is 6.61 Å². The third kappa shape index (κ3) is 10.5. The molecule has 0 aromatic rings. The van der Waals surface area contributed by atoms with Crippen LogP contribution in [-0.2, 0) is 14.3 Å². The molecule has 0 heterocycles. The maximum Gasteiger partial charge on any atom is 0.463 e. The molecule has 0 fully saturated rings. The van der Waals surface area contributed by atoms with E-state index in [1.165, 1.54) is 32.1 Å². The predicted molar refractivity (Wildman–Crippen MR) is 91.4 cm³/mol. The Labute approximate surface area is 157 Å². The number of alkyl halides is 5. The van der Waals surface area contributed by atoms with Gasteiger partial charge in [0.15, 0.2) is 0 Å². The van der Waals surface area contributed by atoms with Gasteiger partial charge in [-0.15, -0.1) is 0 Å². The standard InChI is InChI=1S/C18H30F5NO3/c1-3-4-5-6-7-8-9-10-11-12-13-27-15(25)14-24(2)16(26)17(19,20)18(21,22)23/h3-14H2,1-2H3. The van der Waals surface area contributed by atoms with E-state index in [0.29, 0.717) is 13.5 Å². The second kappa shape index (κ2) is 12.9. The number of halogens is 5. The lowest BCUT2D eigenvalue weighted by Crippen LogP contribution is -2.52. The van der Waals surface area contributed by atoms with Crippen molar-refractivity contribution in [3.63, 3.8) is 0 Å². The number of likely N-dealkylation sites (N-methyl/N-ethyl adjacent to an activating group) is 1. The second-order valence-electron chi connectivity index (χ2n) is 6.64. The van der Waals surface area contributed by atoms with Crippen LogP contribution in [0.3, 0.4) is 0 Å². The zero-order chi connectivity index (χ0) is 20.9. The smallest absolute Gasteiger partial charge is 0.463 e. The van der Waals surface area contributed by atoms with Crippen LogP contribution in [-0.4, -0.2) is 49.1 Å². The van der Waals surface area contributed by atoms with Crippen LogP contribution in [0.15, 0.2) is 0 Å². The third-order valence-electron chi connectivity index (χ3n) is 4.10. The minimum atomic E-state index is -6.00. The number of hydrogen-bond donors (Lipinski definition) is 0. The molecule has 0 radical (unpaired) electrons. The van der Waals surface area contributed by atoms with Gasteiger partial charge >= 0.3 is 24.0 Å². The molecule has 0 aromatic carbocycles. The quantitative estimate of drug-likeness (QED) is 0.230. The van der Waals surface area contributed by atoms with Crippen LogP contribution in [0.25, 0.3) is 0 Å². The highest BCUT2D eigenvalue weighted by molar-refractivity contribution is 5.87. The van der Waals surface area contributed by atoms with Gasteiger partial charge < -0.3 is 9.64 Å². The maximum absolute atomic E-state index is 12.9. The van der Waals surface area contributed by atoms with Crippen molar-refractivity contribution in [3.05, 3.63) is 0 Å². The molecule has 0 spiro atoms. The molecule has 0 bridgehead atoms. The van der Waals surface area contributed by atoms with Gasteiger partial charge in [0.1, 0.15) is 6.54 Å². The summed E-state index contributed by atoms with van der Waals surface area (Å²) in [5.74, 6) is -9.02. The van der Waals surface area contributed by atoms with E-state index in [-0.39, 0.29) is 11.5 Å². The fourth-order valence-corrected chi connectivity index (χ4v) is 2.45. The molecule has 0 atom stereocenters. The van der Waals surface area contributed by atoms with Crippen molar-refractivity contribution < 1.29 is 36.3 Å². The van der Waals surface area contributed by atoms with Crippen molar-refractivity contribution in [2.45, 2.75) is 83.2 Å². The molecule has 4 nitrogen and oxygen atoms in total. The maximum atomic E-state index is 12.9. The van der Waals surface area contributed by atoms with Gasteiger partial charge in [-0.1, -0.05) is 64.7 Å². The molecule has 9 heteroatoms. The Balaban J connectivity index is 3.82. The molecule has 0 saturated heterocycles. The summed E-state index contributed by atoms with van der Waals surface area (Å²) in [6.45, 7) is 1.26. The van der Waals surface area contributed by atoms with Gasteiger partial charge in [-0.25, -0.2) is 0 Å².